The smallest absolute Gasteiger partial charge is 0.0770 e. The van der Waals surface area contributed by atoms with Crippen LogP contribution in [0, 0.1) is 5.92 Å². The second-order valence-corrected chi connectivity index (χ2v) is 3.51. The lowest BCUT2D eigenvalue weighted by Crippen LogP contribution is -2.53. The van der Waals surface area contributed by atoms with Crippen LogP contribution in [-0.4, -0.2) is 35.0 Å². The summed E-state index contributed by atoms with van der Waals surface area (Å²) in [5.74, 6) is 0.569. The minimum absolute atomic E-state index is 0.382. The zero-order chi connectivity index (χ0) is 7.84. The van der Waals surface area contributed by atoms with Crippen molar-refractivity contribution in [2.24, 2.45) is 11.1 Å². The third-order valence-corrected chi connectivity index (χ3v) is 3.04. The Bertz CT molecular complexity index is 179. The zero-order valence-corrected chi connectivity index (χ0v) is 6.82. The summed E-state index contributed by atoms with van der Waals surface area (Å²) in [4.78, 5) is 2.38. The molecule has 62 valence electrons. The van der Waals surface area contributed by atoms with E-state index >= 15 is 0 Å². The molecule has 0 aromatic heterocycles. The van der Waals surface area contributed by atoms with Crippen molar-refractivity contribution < 1.29 is 5.21 Å². The predicted octanol–water partition coefficient (Wildman–Crippen LogP) is 0.931. The number of oxime groups is 1. The Morgan fingerprint density at radius 3 is 2.45 bits per heavy atom. The van der Waals surface area contributed by atoms with Crippen LogP contribution in [0.3, 0.4) is 0 Å². The van der Waals surface area contributed by atoms with Gasteiger partial charge in [-0.05, 0) is 32.9 Å². The van der Waals surface area contributed by atoms with E-state index in [0.29, 0.717) is 12.0 Å². The quantitative estimate of drug-likeness (QED) is 0.416. The molecule has 0 aliphatic carbocycles. The van der Waals surface area contributed by atoms with Gasteiger partial charge in [0.05, 0.1) is 5.71 Å². The molecule has 3 heteroatoms. The van der Waals surface area contributed by atoms with Crippen LogP contribution in [0.2, 0.25) is 0 Å². The van der Waals surface area contributed by atoms with Crippen molar-refractivity contribution in [3.8, 4) is 0 Å². The summed E-state index contributed by atoms with van der Waals surface area (Å²) >= 11 is 0. The van der Waals surface area contributed by atoms with Crippen molar-refractivity contribution in [2.45, 2.75) is 25.8 Å². The van der Waals surface area contributed by atoms with Gasteiger partial charge in [0, 0.05) is 12.0 Å². The van der Waals surface area contributed by atoms with E-state index in [4.69, 9.17) is 5.21 Å². The van der Waals surface area contributed by atoms with Gasteiger partial charge in [-0.2, -0.15) is 0 Å². The standard InChI is InChI=1S/C8H14N2O/c1-6-8(9-11)7-2-4-10(6)5-3-7/h6-7,11H,2-5H2,1H3/b9-8-. The predicted molar refractivity (Wildman–Crippen MR) is 43.0 cm³/mol. The fraction of sp³-hybridized carbons (Fsp3) is 0.875. The molecule has 3 aliphatic rings. The second kappa shape index (κ2) is 2.48. The van der Waals surface area contributed by atoms with Crippen LogP contribution in [0.25, 0.3) is 0 Å². The molecule has 2 bridgehead atoms. The maximum Gasteiger partial charge on any atom is 0.0770 e. The summed E-state index contributed by atoms with van der Waals surface area (Å²) in [5.41, 5.74) is 1.00. The van der Waals surface area contributed by atoms with Gasteiger partial charge in [0.1, 0.15) is 0 Å². The third kappa shape index (κ3) is 0.948. The lowest BCUT2D eigenvalue weighted by Gasteiger charge is -2.44. The van der Waals surface area contributed by atoms with Crippen LogP contribution in [0.5, 0.6) is 0 Å². The Morgan fingerprint density at radius 2 is 2.09 bits per heavy atom. The van der Waals surface area contributed by atoms with Crippen molar-refractivity contribution in [1.29, 1.82) is 0 Å². The van der Waals surface area contributed by atoms with Gasteiger partial charge in [-0.3, -0.25) is 4.90 Å². The lowest BCUT2D eigenvalue weighted by atomic mass is 9.82. The van der Waals surface area contributed by atoms with Crippen LogP contribution in [0.1, 0.15) is 19.8 Å². The lowest BCUT2D eigenvalue weighted by molar-refractivity contribution is 0.147. The highest BCUT2D eigenvalue weighted by Gasteiger charge is 2.36. The van der Waals surface area contributed by atoms with Crippen molar-refractivity contribution in [1.82, 2.24) is 4.90 Å². The molecule has 3 fully saturated rings. The van der Waals surface area contributed by atoms with Crippen molar-refractivity contribution in [2.75, 3.05) is 13.1 Å². The van der Waals surface area contributed by atoms with E-state index in [0.717, 1.165) is 5.71 Å². The van der Waals surface area contributed by atoms with Crippen LogP contribution in [-0.2, 0) is 0 Å². The summed E-state index contributed by atoms with van der Waals surface area (Å²) < 4.78 is 0. The molecule has 0 spiro atoms. The largest absolute Gasteiger partial charge is 0.411 e. The molecule has 0 amide bonds. The topological polar surface area (TPSA) is 35.8 Å². The zero-order valence-electron chi connectivity index (χ0n) is 6.82. The summed E-state index contributed by atoms with van der Waals surface area (Å²) in [6.45, 7) is 4.50. The molecule has 3 heterocycles. The highest BCUT2D eigenvalue weighted by molar-refractivity contribution is 5.92. The number of hydrogen-bond acceptors (Lipinski definition) is 3. The van der Waals surface area contributed by atoms with Gasteiger partial charge >= 0.3 is 0 Å². The van der Waals surface area contributed by atoms with E-state index in [-0.39, 0.29) is 0 Å². The Labute approximate surface area is 66.7 Å². The van der Waals surface area contributed by atoms with Crippen molar-refractivity contribution in [3.05, 3.63) is 0 Å². The van der Waals surface area contributed by atoms with Gasteiger partial charge in [0.15, 0.2) is 0 Å². The number of piperidine rings is 3. The molecule has 3 rings (SSSR count). The maximum atomic E-state index is 8.74. The van der Waals surface area contributed by atoms with Crippen LogP contribution in [0.15, 0.2) is 5.16 Å². The molecule has 3 aliphatic heterocycles. The number of rotatable bonds is 0. The molecule has 0 aromatic rings. The molecule has 0 radical (unpaired) electrons. The molecule has 0 aromatic carbocycles. The average Bonchev–Trinajstić information content (AvgIpc) is 2.06. The summed E-state index contributed by atoms with van der Waals surface area (Å²) in [5, 5.41) is 12.1. The molecule has 11 heavy (non-hydrogen) atoms. The van der Waals surface area contributed by atoms with Gasteiger partial charge in [0.2, 0.25) is 0 Å². The van der Waals surface area contributed by atoms with Crippen LogP contribution in [0.4, 0.5) is 0 Å². The van der Waals surface area contributed by atoms with E-state index in [1.54, 1.807) is 0 Å². The molecule has 3 saturated heterocycles. The Hall–Kier alpha value is -0.570. The minimum Gasteiger partial charge on any atom is -0.411 e. The Balaban J connectivity index is 2.23. The average molecular weight is 154 g/mol. The van der Waals surface area contributed by atoms with Gasteiger partial charge in [-0.1, -0.05) is 5.16 Å². The number of nitrogens with zero attached hydrogens (tertiary/aromatic N) is 2. The van der Waals surface area contributed by atoms with Crippen LogP contribution >= 0.6 is 0 Å². The maximum absolute atomic E-state index is 8.74. The summed E-state index contributed by atoms with van der Waals surface area (Å²) in [6.07, 6.45) is 2.37. The Morgan fingerprint density at radius 1 is 1.45 bits per heavy atom. The fourth-order valence-electron chi connectivity index (χ4n) is 2.28. The highest BCUT2D eigenvalue weighted by Crippen LogP contribution is 2.29. The molecule has 3 nitrogen and oxygen atoms in total. The van der Waals surface area contributed by atoms with Crippen LogP contribution < -0.4 is 0 Å². The van der Waals surface area contributed by atoms with Gasteiger partial charge in [-0.15, -0.1) is 0 Å². The summed E-state index contributed by atoms with van der Waals surface area (Å²) in [6, 6.07) is 0.382. The van der Waals surface area contributed by atoms with E-state index in [1.807, 2.05) is 0 Å². The van der Waals surface area contributed by atoms with Crippen molar-refractivity contribution in [3.63, 3.8) is 0 Å². The first kappa shape index (κ1) is 7.10. The first-order valence-electron chi connectivity index (χ1n) is 4.29. The monoisotopic (exact) mass is 154 g/mol. The first-order valence-corrected chi connectivity index (χ1v) is 4.29. The molecule has 1 unspecified atom stereocenters. The highest BCUT2D eigenvalue weighted by atomic mass is 16.4. The van der Waals surface area contributed by atoms with Gasteiger partial charge < -0.3 is 5.21 Å². The molecule has 1 N–H and O–H groups in total. The third-order valence-electron chi connectivity index (χ3n) is 3.04. The normalized spacial score (nSPS) is 46.6. The molecular weight excluding hydrogens is 140 g/mol. The molecule has 0 saturated carbocycles. The van der Waals surface area contributed by atoms with E-state index in [2.05, 4.69) is 17.0 Å². The van der Waals surface area contributed by atoms with E-state index in [9.17, 15) is 0 Å². The van der Waals surface area contributed by atoms with E-state index < -0.39 is 0 Å². The number of hydrogen-bond donors (Lipinski definition) is 1. The minimum atomic E-state index is 0.382. The first-order chi connectivity index (χ1) is 5.33. The number of fused-ring (bicyclic) bond motifs is 3. The van der Waals surface area contributed by atoms with Gasteiger partial charge in [0.25, 0.3) is 0 Å². The molecule has 1 atom stereocenters. The summed E-state index contributed by atoms with van der Waals surface area (Å²) in [7, 11) is 0. The molecular formula is C8H14N2O. The SMILES string of the molecule is CC1/C(=N/O)C2CCN1CC2. The fourth-order valence-corrected chi connectivity index (χ4v) is 2.28. The second-order valence-electron chi connectivity index (χ2n) is 3.51. The van der Waals surface area contributed by atoms with E-state index in [1.165, 1.54) is 25.9 Å². The Kier molecular flexibility index (Phi) is 1.60. The van der Waals surface area contributed by atoms with Gasteiger partial charge in [-0.25, -0.2) is 0 Å². The van der Waals surface area contributed by atoms with Crippen molar-refractivity contribution >= 4 is 5.71 Å².